The van der Waals surface area contributed by atoms with Gasteiger partial charge in [0.2, 0.25) is 0 Å². The van der Waals surface area contributed by atoms with Gasteiger partial charge in [-0.05, 0) is 25.7 Å². The summed E-state index contributed by atoms with van der Waals surface area (Å²) in [4.78, 5) is 11.5. The predicted octanol–water partition coefficient (Wildman–Crippen LogP) is 0.892. The van der Waals surface area contributed by atoms with Gasteiger partial charge in [-0.2, -0.15) is 0 Å². The molecular formula is C12H19N3O4. The Morgan fingerprint density at radius 2 is 2.47 bits per heavy atom. The quantitative estimate of drug-likeness (QED) is 0.683. The number of urea groups is 1. The maximum absolute atomic E-state index is 11.5. The number of rotatable bonds is 7. The van der Waals surface area contributed by atoms with Crippen molar-refractivity contribution in [3.05, 3.63) is 11.8 Å². The van der Waals surface area contributed by atoms with Crippen molar-refractivity contribution in [2.75, 3.05) is 25.1 Å². The fourth-order valence-electron chi connectivity index (χ4n) is 1.51. The van der Waals surface area contributed by atoms with Crippen molar-refractivity contribution in [3.8, 4) is 0 Å². The SMILES string of the molecule is Cc1cc(NC(=O)NC[C@@H](O)COCC2CC2)no1. The van der Waals surface area contributed by atoms with Gasteiger partial charge < -0.3 is 19.7 Å². The number of nitrogens with zero attached hydrogens (tertiary/aromatic N) is 1. The highest BCUT2D eigenvalue weighted by molar-refractivity contribution is 5.88. The van der Waals surface area contributed by atoms with Gasteiger partial charge in [0.1, 0.15) is 5.76 Å². The first-order chi connectivity index (χ1) is 9.13. The van der Waals surface area contributed by atoms with E-state index in [4.69, 9.17) is 9.26 Å². The summed E-state index contributed by atoms with van der Waals surface area (Å²) < 4.78 is 10.1. The van der Waals surface area contributed by atoms with Crippen LogP contribution in [0.25, 0.3) is 0 Å². The van der Waals surface area contributed by atoms with Crippen molar-refractivity contribution in [2.45, 2.75) is 25.9 Å². The molecule has 0 aliphatic heterocycles. The molecule has 1 atom stereocenters. The average Bonchev–Trinajstić information content (AvgIpc) is 3.10. The zero-order valence-electron chi connectivity index (χ0n) is 10.9. The number of aromatic nitrogens is 1. The highest BCUT2D eigenvalue weighted by Gasteiger charge is 2.21. The first-order valence-corrected chi connectivity index (χ1v) is 6.37. The minimum atomic E-state index is -0.705. The summed E-state index contributed by atoms with van der Waals surface area (Å²) in [6.45, 7) is 2.80. The number of anilines is 1. The number of aliphatic hydroxyl groups excluding tert-OH is 1. The van der Waals surface area contributed by atoms with E-state index in [0.717, 1.165) is 0 Å². The largest absolute Gasteiger partial charge is 0.389 e. The maximum Gasteiger partial charge on any atom is 0.320 e. The molecule has 0 radical (unpaired) electrons. The van der Waals surface area contributed by atoms with Crippen LogP contribution in [-0.2, 0) is 4.74 Å². The molecule has 1 aromatic heterocycles. The Hall–Kier alpha value is -1.60. The molecule has 0 spiro atoms. The molecule has 1 aliphatic rings. The zero-order chi connectivity index (χ0) is 13.7. The normalized spacial score (nSPS) is 16.1. The highest BCUT2D eigenvalue weighted by atomic mass is 16.5. The van der Waals surface area contributed by atoms with Gasteiger partial charge in [0, 0.05) is 19.2 Å². The van der Waals surface area contributed by atoms with Gasteiger partial charge in [0.25, 0.3) is 0 Å². The molecule has 1 heterocycles. The van der Waals surface area contributed by atoms with Crippen LogP contribution in [-0.4, -0.2) is 42.2 Å². The van der Waals surface area contributed by atoms with Crippen LogP contribution in [0.4, 0.5) is 10.6 Å². The Labute approximate surface area is 111 Å². The van der Waals surface area contributed by atoms with Gasteiger partial charge in [-0.3, -0.25) is 5.32 Å². The van der Waals surface area contributed by atoms with Crippen LogP contribution in [0.2, 0.25) is 0 Å². The van der Waals surface area contributed by atoms with Crippen LogP contribution < -0.4 is 10.6 Å². The van der Waals surface area contributed by atoms with Crippen molar-refractivity contribution >= 4 is 11.8 Å². The number of hydrogen-bond donors (Lipinski definition) is 3. The number of nitrogens with one attached hydrogen (secondary N) is 2. The molecule has 1 aliphatic carbocycles. The lowest BCUT2D eigenvalue weighted by Crippen LogP contribution is -2.37. The van der Waals surface area contributed by atoms with Crippen LogP contribution in [0, 0.1) is 12.8 Å². The number of hydrogen-bond acceptors (Lipinski definition) is 5. The lowest BCUT2D eigenvalue weighted by molar-refractivity contribution is 0.0339. The number of carbonyl (C=O) groups excluding carboxylic acids is 1. The summed E-state index contributed by atoms with van der Waals surface area (Å²) in [5.41, 5.74) is 0. The number of amides is 2. The molecule has 19 heavy (non-hydrogen) atoms. The molecule has 0 aromatic carbocycles. The van der Waals surface area contributed by atoms with E-state index in [9.17, 15) is 9.90 Å². The second-order valence-electron chi connectivity index (χ2n) is 4.79. The lowest BCUT2D eigenvalue weighted by Gasteiger charge is -2.12. The average molecular weight is 269 g/mol. The van der Waals surface area contributed by atoms with E-state index in [0.29, 0.717) is 24.1 Å². The summed E-state index contributed by atoms with van der Waals surface area (Å²) in [5, 5.41) is 18.3. The van der Waals surface area contributed by atoms with Crippen molar-refractivity contribution in [1.29, 1.82) is 0 Å². The molecule has 1 aromatic rings. The molecule has 106 valence electrons. The van der Waals surface area contributed by atoms with Crippen molar-refractivity contribution in [3.63, 3.8) is 0 Å². The molecule has 3 N–H and O–H groups in total. The van der Waals surface area contributed by atoms with E-state index in [1.165, 1.54) is 12.8 Å². The predicted molar refractivity (Wildman–Crippen MR) is 67.8 cm³/mol. The van der Waals surface area contributed by atoms with Gasteiger partial charge in [-0.25, -0.2) is 4.79 Å². The number of aliphatic hydroxyl groups is 1. The lowest BCUT2D eigenvalue weighted by atomic mass is 10.4. The third-order valence-corrected chi connectivity index (χ3v) is 2.73. The molecule has 0 unspecified atom stereocenters. The molecule has 2 rings (SSSR count). The minimum Gasteiger partial charge on any atom is -0.389 e. The second-order valence-corrected chi connectivity index (χ2v) is 4.79. The standard InChI is InChI=1S/C12H19N3O4/c1-8-4-11(15-19-8)14-12(17)13-5-10(16)7-18-6-9-2-3-9/h4,9-10,16H,2-3,5-7H2,1H3,(H2,13,14,15,17)/t10-/m1/s1. The van der Waals surface area contributed by atoms with Gasteiger partial charge in [0.05, 0.1) is 12.7 Å². The maximum atomic E-state index is 11.5. The van der Waals surface area contributed by atoms with E-state index in [1.54, 1.807) is 13.0 Å². The summed E-state index contributed by atoms with van der Waals surface area (Å²) in [5.74, 6) is 1.62. The van der Waals surface area contributed by atoms with Crippen LogP contribution >= 0.6 is 0 Å². The highest BCUT2D eigenvalue weighted by Crippen LogP contribution is 2.28. The zero-order valence-corrected chi connectivity index (χ0v) is 10.9. The van der Waals surface area contributed by atoms with Crippen LogP contribution in [0.3, 0.4) is 0 Å². The first kappa shape index (κ1) is 13.8. The smallest absolute Gasteiger partial charge is 0.320 e. The van der Waals surface area contributed by atoms with Gasteiger partial charge in [0.15, 0.2) is 5.82 Å². The number of carbonyl (C=O) groups is 1. The molecule has 1 saturated carbocycles. The minimum absolute atomic E-state index is 0.132. The third-order valence-electron chi connectivity index (χ3n) is 2.73. The topological polar surface area (TPSA) is 96.6 Å². The third kappa shape index (κ3) is 5.27. The van der Waals surface area contributed by atoms with Crippen LogP contribution in [0.5, 0.6) is 0 Å². The summed E-state index contributed by atoms with van der Waals surface area (Å²) in [7, 11) is 0. The molecule has 7 nitrogen and oxygen atoms in total. The Morgan fingerprint density at radius 3 is 3.11 bits per heavy atom. The van der Waals surface area contributed by atoms with E-state index < -0.39 is 12.1 Å². The molecule has 1 fully saturated rings. The van der Waals surface area contributed by atoms with Gasteiger partial charge >= 0.3 is 6.03 Å². The van der Waals surface area contributed by atoms with E-state index in [-0.39, 0.29) is 13.2 Å². The fraction of sp³-hybridized carbons (Fsp3) is 0.667. The Bertz CT molecular complexity index is 417. The second kappa shape index (κ2) is 6.53. The molecular weight excluding hydrogens is 250 g/mol. The number of ether oxygens (including phenoxy) is 1. The summed E-state index contributed by atoms with van der Waals surface area (Å²) in [6.07, 6.45) is 1.73. The van der Waals surface area contributed by atoms with Crippen molar-refractivity contribution < 1.29 is 19.2 Å². The molecule has 7 heteroatoms. The molecule has 0 bridgehead atoms. The van der Waals surface area contributed by atoms with Crippen molar-refractivity contribution in [2.24, 2.45) is 5.92 Å². The van der Waals surface area contributed by atoms with E-state index in [2.05, 4.69) is 15.8 Å². The van der Waals surface area contributed by atoms with Crippen molar-refractivity contribution in [1.82, 2.24) is 10.5 Å². The molecule has 2 amide bonds. The van der Waals surface area contributed by atoms with Gasteiger partial charge in [-0.15, -0.1) is 0 Å². The molecule has 0 saturated heterocycles. The first-order valence-electron chi connectivity index (χ1n) is 6.37. The van der Waals surface area contributed by atoms with E-state index in [1.807, 2.05) is 0 Å². The summed E-state index contributed by atoms with van der Waals surface area (Å²) >= 11 is 0. The summed E-state index contributed by atoms with van der Waals surface area (Å²) in [6, 6.07) is 1.17. The van der Waals surface area contributed by atoms with Gasteiger partial charge in [-0.1, -0.05) is 5.16 Å². The van der Waals surface area contributed by atoms with Crippen LogP contribution in [0.1, 0.15) is 18.6 Å². The Kier molecular flexibility index (Phi) is 4.75. The van der Waals surface area contributed by atoms with Crippen LogP contribution in [0.15, 0.2) is 10.6 Å². The number of aryl methyl sites for hydroxylation is 1. The Balaban J connectivity index is 1.56. The Morgan fingerprint density at radius 1 is 1.68 bits per heavy atom. The van der Waals surface area contributed by atoms with E-state index >= 15 is 0 Å². The monoisotopic (exact) mass is 269 g/mol. The fourth-order valence-corrected chi connectivity index (χ4v) is 1.51.